The van der Waals surface area contributed by atoms with Gasteiger partial charge in [0.1, 0.15) is 36.6 Å². The third kappa shape index (κ3) is 22.5. The summed E-state index contributed by atoms with van der Waals surface area (Å²) in [6.07, 6.45) is 22.6. The highest BCUT2D eigenvalue weighted by molar-refractivity contribution is 5.69. The van der Waals surface area contributed by atoms with E-state index < -0.39 is 36.6 Å². The van der Waals surface area contributed by atoms with Crippen molar-refractivity contribution in [2.45, 2.75) is 218 Å². The smallest absolute Gasteiger partial charge is 0.306 e. The molecular weight excluding hydrogens is 596 g/mol. The lowest BCUT2D eigenvalue weighted by molar-refractivity contribution is -0.163. The highest BCUT2D eigenvalue weighted by atomic mass is 16.6. The largest absolute Gasteiger partial charge is 0.457 e. The van der Waals surface area contributed by atoms with E-state index in [1.165, 1.54) is 122 Å². The highest BCUT2D eigenvalue weighted by Crippen LogP contribution is 2.25. The molecule has 280 valence electrons. The zero-order valence-corrected chi connectivity index (χ0v) is 30.8. The molecule has 1 aliphatic carbocycles. The Hall–Kier alpha value is -0.770. The fourth-order valence-corrected chi connectivity index (χ4v) is 6.56. The molecule has 0 radical (unpaired) electrons. The molecule has 47 heavy (non-hydrogen) atoms. The van der Waals surface area contributed by atoms with Crippen LogP contribution in [0.25, 0.3) is 0 Å². The fourth-order valence-electron chi connectivity index (χ4n) is 6.56. The van der Waals surface area contributed by atoms with Gasteiger partial charge in [0, 0.05) is 13.0 Å². The van der Waals surface area contributed by atoms with Gasteiger partial charge in [0.05, 0.1) is 13.2 Å². The van der Waals surface area contributed by atoms with Crippen molar-refractivity contribution in [2.24, 2.45) is 5.92 Å². The number of aliphatic hydroxyl groups is 4. The summed E-state index contributed by atoms with van der Waals surface area (Å²) in [5, 5.41) is 40.1. The van der Waals surface area contributed by atoms with Gasteiger partial charge in [-0.15, -0.1) is 0 Å². The molecule has 0 bridgehead atoms. The molecule has 0 aromatic rings. The summed E-state index contributed by atoms with van der Waals surface area (Å²) in [6.45, 7) is 7.50. The van der Waals surface area contributed by atoms with Gasteiger partial charge in [-0.1, -0.05) is 162 Å². The van der Waals surface area contributed by atoms with Gasteiger partial charge < -0.3 is 34.6 Å². The SMILES string of the molecule is CCCCCCCCCCCCCCC(=O)OC(COCCCCCCC(C)CCCCCCCC)COC1C(O)C(O)C(O)C1O. The summed E-state index contributed by atoms with van der Waals surface area (Å²) < 4.78 is 17.2. The van der Waals surface area contributed by atoms with Gasteiger partial charge in [-0.25, -0.2) is 0 Å². The van der Waals surface area contributed by atoms with Crippen molar-refractivity contribution in [2.75, 3.05) is 19.8 Å². The third-order valence-corrected chi connectivity index (χ3v) is 9.82. The Labute approximate surface area is 288 Å². The Balaban J connectivity index is 2.27. The molecule has 0 heterocycles. The average molecular weight is 673 g/mol. The summed E-state index contributed by atoms with van der Waals surface area (Å²) in [5.41, 5.74) is 0. The van der Waals surface area contributed by atoms with Gasteiger partial charge in [-0.2, -0.15) is 0 Å². The van der Waals surface area contributed by atoms with Crippen LogP contribution in [-0.2, 0) is 19.0 Å². The van der Waals surface area contributed by atoms with Crippen LogP contribution in [0.3, 0.4) is 0 Å². The first-order valence-corrected chi connectivity index (χ1v) is 19.9. The minimum atomic E-state index is -1.49. The Morgan fingerprint density at radius 2 is 0.979 bits per heavy atom. The Morgan fingerprint density at radius 3 is 1.47 bits per heavy atom. The Bertz CT molecular complexity index is 692. The quantitative estimate of drug-likeness (QED) is 0.0406. The summed E-state index contributed by atoms with van der Waals surface area (Å²) in [5.74, 6) is 0.485. The molecule has 8 heteroatoms. The molecule has 0 aliphatic heterocycles. The van der Waals surface area contributed by atoms with Gasteiger partial charge in [-0.3, -0.25) is 4.79 Å². The normalized spacial score (nSPS) is 22.5. The zero-order valence-electron chi connectivity index (χ0n) is 30.8. The lowest BCUT2D eigenvalue weighted by atomic mass is 9.96. The molecule has 8 nitrogen and oxygen atoms in total. The van der Waals surface area contributed by atoms with E-state index >= 15 is 0 Å². The fraction of sp³-hybridized carbons (Fsp3) is 0.974. The van der Waals surface area contributed by atoms with E-state index in [4.69, 9.17) is 14.2 Å². The van der Waals surface area contributed by atoms with Crippen LogP contribution in [-0.4, -0.2) is 82.8 Å². The third-order valence-electron chi connectivity index (χ3n) is 9.82. The van der Waals surface area contributed by atoms with E-state index in [1.54, 1.807) is 0 Å². The van der Waals surface area contributed by atoms with Gasteiger partial charge >= 0.3 is 5.97 Å². The van der Waals surface area contributed by atoms with E-state index in [9.17, 15) is 25.2 Å². The minimum absolute atomic E-state index is 0.0983. The highest BCUT2D eigenvalue weighted by Gasteiger charge is 2.49. The Morgan fingerprint density at radius 1 is 0.553 bits per heavy atom. The second-order valence-electron chi connectivity index (χ2n) is 14.5. The molecule has 4 N–H and O–H groups in total. The molecule has 0 amide bonds. The van der Waals surface area contributed by atoms with Crippen molar-refractivity contribution >= 4 is 5.97 Å². The van der Waals surface area contributed by atoms with Gasteiger partial charge in [-0.05, 0) is 18.8 Å². The molecular formula is C39H76O8. The maximum atomic E-state index is 12.6. The van der Waals surface area contributed by atoms with Crippen LogP contribution in [0.4, 0.5) is 0 Å². The first kappa shape index (κ1) is 44.3. The number of hydrogen-bond donors (Lipinski definition) is 4. The topological polar surface area (TPSA) is 126 Å². The van der Waals surface area contributed by atoms with Crippen molar-refractivity contribution in [1.29, 1.82) is 0 Å². The number of carbonyl (C=O) groups is 1. The minimum Gasteiger partial charge on any atom is -0.457 e. The molecule has 1 rings (SSSR count). The molecule has 0 aromatic carbocycles. The van der Waals surface area contributed by atoms with E-state index in [0.29, 0.717) is 13.0 Å². The van der Waals surface area contributed by atoms with Crippen LogP contribution in [0.15, 0.2) is 0 Å². The molecule has 0 aromatic heterocycles. The molecule has 6 atom stereocenters. The molecule has 0 saturated heterocycles. The van der Waals surface area contributed by atoms with E-state index in [0.717, 1.165) is 38.0 Å². The lowest BCUT2D eigenvalue weighted by Gasteiger charge is -2.24. The molecule has 1 saturated carbocycles. The predicted octanol–water partition coefficient (Wildman–Crippen LogP) is 8.19. The lowest BCUT2D eigenvalue weighted by Crippen LogP contribution is -2.39. The van der Waals surface area contributed by atoms with Crippen LogP contribution in [0.1, 0.15) is 181 Å². The molecule has 6 unspecified atom stereocenters. The Kier molecular flexibility index (Phi) is 28.3. The van der Waals surface area contributed by atoms with Crippen molar-refractivity contribution in [3.63, 3.8) is 0 Å². The molecule has 1 aliphatic rings. The number of hydrogen-bond acceptors (Lipinski definition) is 8. The maximum absolute atomic E-state index is 12.6. The monoisotopic (exact) mass is 673 g/mol. The van der Waals surface area contributed by atoms with Crippen molar-refractivity contribution in [3.05, 3.63) is 0 Å². The summed E-state index contributed by atoms with van der Waals surface area (Å²) in [6, 6.07) is 0. The number of carbonyl (C=O) groups excluding carboxylic acids is 1. The van der Waals surface area contributed by atoms with E-state index in [2.05, 4.69) is 20.8 Å². The van der Waals surface area contributed by atoms with Crippen LogP contribution < -0.4 is 0 Å². The van der Waals surface area contributed by atoms with Gasteiger partial charge in [0.2, 0.25) is 0 Å². The van der Waals surface area contributed by atoms with Crippen LogP contribution in [0.2, 0.25) is 0 Å². The zero-order chi connectivity index (χ0) is 34.5. The molecule has 0 spiro atoms. The molecule has 1 fully saturated rings. The van der Waals surface area contributed by atoms with Gasteiger partial charge in [0.15, 0.2) is 0 Å². The number of aliphatic hydroxyl groups excluding tert-OH is 4. The van der Waals surface area contributed by atoms with Crippen LogP contribution in [0, 0.1) is 5.92 Å². The van der Waals surface area contributed by atoms with Crippen LogP contribution >= 0.6 is 0 Å². The standard InChI is InChI=1S/C39H76O8/c1-4-6-8-10-12-13-14-15-16-17-19-24-28-34(40)47-33(31-46-39-37(43)35(41)36(42)38(39)44)30-45-29-25-21-20-23-27-32(3)26-22-18-11-9-7-5-2/h32-33,35-39,41-44H,4-31H2,1-3H3. The first-order chi connectivity index (χ1) is 22.8. The number of unbranched alkanes of at least 4 members (excludes halogenated alkanes) is 19. The van der Waals surface area contributed by atoms with Crippen molar-refractivity contribution in [3.8, 4) is 0 Å². The number of esters is 1. The summed E-state index contributed by atoms with van der Waals surface area (Å²) in [4.78, 5) is 12.6. The van der Waals surface area contributed by atoms with E-state index in [-0.39, 0.29) is 19.2 Å². The summed E-state index contributed by atoms with van der Waals surface area (Å²) >= 11 is 0. The van der Waals surface area contributed by atoms with Crippen LogP contribution in [0.5, 0.6) is 0 Å². The van der Waals surface area contributed by atoms with Crippen molar-refractivity contribution < 1.29 is 39.4 Å². The van der Waals surface area contributed by atoms with Crippen molar-refractivity contribution in [1.82, 2.24) is 0 Å². The average Bonchev–Trinajstić information content (AvgIpc) is 3.24. The first-order valence-electron chi connectivity index (χ1n) is 19.9. The summed E-state index contributed by atoms with van der Waals surface area (Å²) in [7, 11) is 0. The number of rotatable bonds is 33. The second-order valence-corrected chi connectivity index (χ2v) is 14.5. The van der Waals surface area contributed by atoms with E-state index in [1.807, 2.05) is 0 Å². The maximum Gasteiger partial charge on any atom is 0.306 e. The van der Waals surface area contributed by atoms with Gasteiger partial charge in [0.25, 0.3) is 0 Å². The predicted molar refractivity (Wildman–Crippen MR) is 190 cm³/mol. The second kappa shape index (κ2) is 30.1. The number of ether oxygens (including phenoxy) is 3.